The van der Waals surface area contributed by atoms with Crippen molar-refractivity contribution in [3.05, 3.63) is 92.5 Å². The first-order chi connectivity index (χ1) is 22.8. The number of H-pyrrole nitrogens is 1. The number of imide groups is 1. The summed E-state index contributed by atoms with van der Waals surface area (Å²) in [5.74, 6) is 0.211. The molecule has 1 aliphatic heterocycles. The van der Waals surface area contributed by atoms with E-state index in [1.54, 1.807) is 24.5 Å². The van der Waals surface area contributed by atoms with E-state index >= 15 is 0 Å². The molecule has 272 valence electrons. The number of aromatic amines is 1. The Morgan fingerprint density at radius 1 is 0.640 bits per heavy atom. The number of ketones is 3. The lowest BCUT2D eigenvalue weighted by Gasteiger charge is -2.28. The van der Waals surface area contributed by atoms with Crippen LogP contribution < -0.4 is 10.7 Å². The third kappa shape index (κ3) is 12.3. The fraction of sp³-hybridized carbons (Fsp3) is 0.524. The number of hydrogen-bond acceptors (Lipinski definition) is 6. The Morgan fingerprint density at radius 3 is 1.70 bits per heavy atom. The van der Waals surface area contributed by atoms with Crippen molar-refractivity contribution in [1.29, 1.82) is 0 Å². The van der Waals surface area contributed by atoms with E-state index in [4.69, 9.17) is 0 Å². The maximum atomic E-state index is 12.0. The Hall–Kier alpha value is -4.20. The van der Waals surface area contributed by atoms with Crippen molar-refractivity contribution in [2.45, 2.75) is 127 Å². The van der Waals surface area contributed by atoms with Crippen LogP contribution in [0.5, 0.6) is 0 Å². The second kappa shape index (κ2) is 16.7. The molecule has 2 N–H and O–H groups in total. The van der Waals surface area contributed by atoms with Crippen LogP contribution in [0.2, 0.25) is 0 Å². The fourth-order valence-electron chi connectivity index (χ4n) is 5.84. The Balaban J connectivity index is 0.000000235. The van der Waals surface area contributed by atoms with Crippen molar-refractivity contribution in [3.63, 3.8) is 0 Å². The monoisotopic (exact) mass is 686 g/mol. The minimum absolute atomic E-state index is 0.00183. The number of Topliss-reactive ketones (excluding diaryl/α,β-unsaturated/α-hetero) is 3. The zero-order valence-corrected chi connectivity index (χ0v) is 32.3. The maximum absolute atomic E-state index is 12.0. The molecule has 0 fully saturated rings. The summed E-state index contributed by atoms with van der Waals surface area (Å²) in [6.07, 6.45) is 16.6. The molecule has 0 radical (unpaired) electrons. The molecular weight excluding hydrogens is 628 g/mol. The molecule has 0 spiro atoms. The van der Waals surface area contributed by atoms with Gasteiger partial charge in [-0.2, -0.15) is 0 Å². The second-order valence-electron chi connectivity index (χ2n) is 17.2. The summed E-state index contributed by atoms with van der Waals surface area (Å²) >= 11 is 0. The van der Waals surface area contributed by atoms with E-state index in [-0.39, 0.29) is 56.3 Å². The zero-order chi connectivity index (χ0) is 38.2. The van der Waals surface area contributed by atoms with Crippen LogP contribution in [0.15, 0.2) is 81.5 Å². The fourth-order valence-corrected chi connectivity index (χ4v) is 5.84. The van der Waals surface area contributed by atoms with E-state index in [0.29, 0.717) is 31.3 Å². The minimum Gasteiger partial charge on any atom is -0.367 e. The lowest BCUT2D eigenvalue weighted by molar-refractivity contribution is -0.129. The van der Waals surface area contributed by atoms with E-state index < -0.39 is 0 Å². The van der Waals surface area contributed by atoms with Crippen LogP contribution in [0.4, 0.5) is 0 Å². The van der Waals surface area contributed by atoms with Gasteiger partial charge in [0, 0.05) is 72.0 Å². The molecule has 3 aliphatic carbocycles. The molecule has 0 bridgehead atoms. The van der Waals surface area contributed by atoms with Crippen molar-refractivity contribution in [2.24, 2.45) is 16.2 Å². The number of aromatic nitrogens is 1. The van der Waals surface area contributed by atoms with Crippen LogP contribution in [0.1, 0.15) is 127 Å². The van der Waals surface area contributed by atoms with Crippen molar-refractivity contribution < 1.29 is 24.0 Å². The van der Waals surface area contributed by atoms with E-state index in [1.165, 1.54) is 0 Å². The highest BCUT2D eigenvalue weighted by atomic mass is 16.2. The first kappa shape index (κ1) is 42.0. The quantitative estimate of drug-likeness (QED) is 0.265. The van der Waals surface area contributed by atoms with Gasteiger partial charge in [-0.25, -0.2) is 0 Å². The van der Waals surface area contributed by atoms with Gasteiger partial charge in [0.2, 0.25) is 5.91 Å². The average molecular weight is 687 g/mol. The SMILES string of the molecule is CC(C)(C)C1=CC2=C(CCCC2=O)CC1=O.CC(C)(C)C1=CC=CCC1=O.CC(C)(C)C1=CCC(=O)NC1=O.CC(C)(C)c1c[nH]ccc1=O. The van der Waals surface area contributed by atoms with Crippen LogP contribution in [0, 0.1) is 16.2 Å². The van der Waals surface area contributed by atoms with Gasteiger partial charge in [-0.05, 0) is 40.6 Å². The first-order valence-corrected chi connectivity index (χ1v) is 17.5. The molecule has 8 heteroatoms. The molecule has 1 aromatic rings. The molecule has 8 nitrogen and oxygen atoms in total. The minimum atomic E-state index is -0.251. The zero-order valence-electron chi connectivity index (χ0n) is 32.3. The number of allylic oxidation sites excluding steroid dienone is 8. The molecule has 2 heterocycles. The Kier molecular flexibility index (Phi) is 14.0. The molecular formula is C42H58N2O6. The van der Waals surface area contributed by atoms with Gasteiger partial charge < -0.3 is 4.98 Å². The van der Waals surface area contributed by atoms with Crippen molar-refractivity contribution in [3.8, 4) is 0 Å². The second-order valence-corrected chi connectivity index (χ2v) is 17.2. The number of carbonyl (C=O) groups is 5. The van der Waals surface area contributed by atoms with Crippen molar-refractivity contribution >= 4 is 29.2 Å². The highest BCUT2D eigenvalue weighted by molar-refractivity contribution is 6.09. The van der Waals surface area contributed by atoms with Crippen molar-refractivity contribution in [1.82, 2.24) is 10.3 Å². The molecule has 0 saturated carbocycles. The number of amides is 2. The number of carbonyl (C=O) groups excluding carboxylic acids is 5. The average Bonchev–Trinajstić information content (AvgIpc) is 2.96. The molecule has 0 unspecified atom stereocenters. The molecule has 0 aromatic carbocycles. The van der Waals surface area contributed by atoms with Crippen LogP contribution in [0.3, 0.4) is 0 Å². The lowest BCUT2D eigenvalue weighted by Crippen LogP contribution is -2.38. The van der Waals surface area contributed by atoms with E-state index in [0.717, 1.165) is 40.7 Å². The Labute approximate surface area is 298 Å². The molecule has 4 aliphatic rings. The van der Waals surface area contributed by atoms with Gasteiger partial charge in [-0.3, -0.25) is 34.1 Å². The van der Waals surface area contributed by atoms with Gasteiger partial charge in [0.05, 0.1) is 0 Å². The summed E-state index contributed by atoms with van der Waals surface area (Å²) in [4.78, 5) is 71.3. The molecule has 5 rings (SSSR count). The molecule has 50 heavy (non-hydrogen) atoms. The summed E-state index contributed by atoms with van der Waals surface area (Å²) in [7, 11) is 0. The largest absolute Gasteiger partial charge is 0.367 e. The number of nitrogens with one attached hydrogen (secondary N) is 2. The summed E-state index contributed by atoms with van der Waals surface area (Å²) in [6, 6.07) is 1.56. The summed E-state index contributed by atoms with van der Waals surface area (Å²) in [6.45, 7) is 24.2. The van der Waals surface area contributed by atoms with Gasteiger partial charge in [-0.15, -0.1) is 0 Å². The summed E-state index contributed by atoms with van der Waals surface area (Å²) < 4.78 is 0. The molecule has 2 amide bonds. The van der Waals surface area contributed by atoms with Gasteiger partial charge in [-0.1, -0.05) is 113 Å². The number of hydrogen-bond donors (Lipinski definition) is 2. The van der Waals surface area contributed by atoms with E-state index in [1.807, 2.05) is 86.6 Å². The van der Waals surface area contributed by atoms with Crippen LogP contribution in [-0.2, 0) is 29.4 Å². The Bertz CT molecular complexity index is 1700. The number of pyridine rings is 1. The van der Waals surface area contributed by atoms with Gasteiger partial charge >= 0.3 is 0 Å². The number of rotatable bonds is 0. The standard InChI is InChI=1S/C14H18O2.C10H14O.C9H13NO2.C9H13NO/c1-14(2,3)11-8-10-9(7-13(11)16)5-4-6-12(10)15;1-10(2,3)8-6-4-5-7-9(8)11;1-9(2,3)6-4-5-7(11)10-8(6)12;1-9(2,3)7-6-10-5-4-8(7)11/h8H,4-7H2,1-3H3;4-6H,7H2,1-3H3;4H,5H2,1-3H3,(H,10,11,12);4-6H,1-3H3,(H,10,11). The third-order valence-electron chi connectivity index (χ3n) is 8.57. The first-order valence-electron chi connectivity index (χ1n) is 17.5. The normalized spacial score (nSPS) is 18.2. The molecule has 0 atom stereocenters. The maximum Gasteiger partial charge on any atom is 0.253 e. The summed E-state index contributed by atoms with van der Waals surface area (Å²) in [5.41, 5.74) is 4.89. The molecule has 0 saturated heterocycles. The smallest absolute Gasteiger partial charge is 0.253 e. The van der Waals surface area contributed by atoms with Gasteiger partial charge in [0.25, 0.3) is 5.91 Å². The predicted octanol–water partition coefficient (Wildman–Crippen LogP) is 8.15. The topological polar surface area (TPSA) is 130 Å². The van der Waals surface area contributed by atoms with Gasteiger partial charge in [0.15, 0.2) is 22.8 Å². The predicted molar refractivity (Wildman–Crippen MR) is 200 cm³/mol. The van der Waals surface area contributed by atoms with Gasteiger partial charge in [0.1, 0.15) is 0 Å². The lowest BCUT2D eigenvalue weighted by atomic mass is 9.74. The van der Waals surface area contributed by atoms with Crippen LogP contribution in [-0.4, -0.2) is 34.1 Å². The molecule has 1 aromatic heterocycles. The van der Waals surface area contributed by atoms with E-state index in [2.05, 4.69) is 31.1 Å². The Morgan fingerprint density at radius 2 is 1.24 bits per heavy atom. The highest BCUT2D eigenvalue weighted by Gasteiger charge is 2.32. The van der Waals surface area contributed by atoms with Crippen molar-refractivity contribution in [2.75, 3.05) is 0 Å². The van der Waals surface area contributed by atoms with E-state index in [9.17, 15) is 28.8 Å². The van der Waals surface area contributed by atoms with Crippen LogP contribution >= 0.6 is 0 Å². The highest BCUT2D eigenvalue weighted by Crippen LogP contribution is 2.37. The van der Waals surface area contributed by atoms with Crippen LogP contribution in [0.25, 0.3) is 0 Å². The third-order valence-corrected chi connectivity index (χ3v) is 8.57. The summed E-state index contributed by atoms with van der Waals surface area (Å²) in [5, 5.41) is 2.29.